The zero-order valence-electron chi connectivity index (χ0n) is 10.6. The second-order valence-electron chi connectivity index (χ2n) is 5.24. The fraction of sp³-hybridized carbons (Fsp3) is 0.538. The molecule has 16 heavy (non-hydrogen) atoms. The third-order valence-electron chi connectivity index (χ3n) is 2.28. The quantitative estimate of drug-likeness (QED) is 0.593. The van der Waals surface area contributed by atoms with Crippen LogP contribution in [0.5, 0.6) is 0 Å². The number of allylic oxidation sites excluding steroid dienone is 1. The van der Waals surface area contributed by atoms with Crippen molar-refractivity contribution in [3.8, 4) is 0 Å². The van der Waals surface area contributed by atoms with Gasteiger partial charge in [0, 0.05) is 10.8 Å². The van der Waals surface area contributed by atoms with Crippen molar-refractivity contribution in [1.29, 1.82) is 0 Å². The number of carbonyl (C=O) groups is 1. The van der Waals surface area contributed by atoms with E-state index in [1.807, 2.05) is 25.3 Å². The topological polar surface area (TPSA) is 30.0 Å². The lowest BCUT2D eigenvalue weighted by Gasteiger charge is -2.13. The number of carbonyl (C=O) groups excluding carboxylic acids is 1. The molecule has 88 valence electrons. The van der Waals surface area contributed by atoms with Crippen LogP contribution in [0, 0.1) is 5.92 Å². The Kier molecular flexibility index (Phi) is 4.03. The van der Waals surface area contributed by atoms with Gasteiger partial charge in [-0.3, -0.25) is 4.79 Å². The average Bonchev–Trinajstić information content (AvgIpc) is 2.61. The molecule has 0 aliphatic heterocycles. The van der Waals surface area contributed by atoms with Crippen molar-refractivity contribution in [3.63, 3.8) is 0 Å². The molecule has 0 atom stereocenters. The fourth-order valence-electron chi connectivity index (χ4n) is 1.20. The van der Waals surface area contributed by atoms with Crippen LogP contribution in [-0.4, -0.2) is 11.3 Å². The first-order chi connectivity index (χ1) is 7.34. The molecule has 0 saturated carbocycles. The van der Waals surface area contributed by atoms with Crippen LogP contribution in [0.3, 0.4) is 0 Å². The predicted octanol–water partition coefficient (Wildman–Crippen LogP) is 3.68. The third-order valence-corrected chi connectivity index (χ3v) is 3.57. The van der Waals surface area contributed by atoms with E-state index in [0.717, 1.165) is 22.6 Å². The summed E-state index contributed by atoms with van der Waals surface area (Å²) in [5.41, 5.74) is 1.77. The van der Waals surface area contributed by atoms with Gasteiger partial charge in [-0.1, -0.05) is 34.6 Å². The van der Waals surface area contributed by atoms with Gasteiger partial charge >= 0.3 is 0 Å². The van der Waals surface area contributed by atoms with E-state index in [1.54, 1.807) is 11.3 Å². The molecular formula is C13H19NOS. The Morgan fingerprint density at radius 1 is 1.44 bits per heavy atom. The van der Waals surface area contributed by atoms with Gasteiger partial charge in [-0.25, -0.2) is 4.98 Å². The fourth-order valence-corrected chi connectivity index (χ4v) is 2.07. The molecular weight excluding hydrogens is 218 g/mol. The van der Waals surface area contributed by atoms with Gasteiger partial charge in [-0.2, -0.15) is 0 Å². The normalized spacial score (nSPS) is 13.2. The average molecular weight is 237 g/mol. The van der Waals surface area contributed by atoms with Crippen LogP contribution in [0.1, 0.15) is 45.3 Å². The van der Waals surface area contributed by atoms with Crippen LogP contribution in [0.25, 0.3) is 6.08 Å². The monoisotopic (exact) mass is 237 g/mol. The summed E-state index contributed by atoms with van der Waals surface area (Å²) in [6.45, 7) is 10.4. The molecule has 0 aliphatic carbocycles. The highest BCUT2D eigenvalue weighted by molar-refractivity contribution is 7.09. The van der Waals surface area contributed by atoms with Gasteiger partial charge in [-0.05, 0) is 17.6 Å². The van der Waals surface area contributed by atoms with Gasteiger partial charge in [-0.15, -0.1) is 11.3 Å². The van der Waals surface area contributed by atoms with Crippen LogP contribution < -0.4 is 0 Å². The first-order valence-electron chi connectivity index (χ1n) is 5.47. The Hall–Kier alpha value is -0.960. The summed E-state index contributed by atoms with van der Waals surface area (Å²) in [7, 11) is 0. The molecule has 2 nitrogen and oxygen atoms in total. The molecule has 0 unspecified atom stereocenters. The molecule has 0 aliphatic rings. The number of thiazole rings is 1. The van der Waals surface area contributed by atoms with Crippen molar-refractivity contribution in [2.75, 3.05) is 0 Å². The highest BCUT2D eigenvalue weighted by atomic mass is 32.1. The van der Waals surface area contributed by atoms with E-state index >= 15 is 0 Å². The Bertz CT molecular complexity index is 396. The zero-order chi connectivity index (χ0) is 12.3. The van der Waals surface area contributed by atoms with Gasteiger partial charge in [0.05, 0.1) is 10.7 Å². The van der Waals surface area contributed by atoms with E-state index in [1.165, 1.54) is 0 Å². The predicted molar refractivity (Wildman–Crippen MR) is 69.7 cm³/mol. The van der Waals surface area contributed by atoms with Crippen LogP contribution in [-0.2, 0) is 10.2 Å². The number of hydrogen-bond donors (Lipinski definition) is 0. The van der Waals surface area contributed by atoms with Crippen molar-refractivity contribution in [3.05, 3.63) is 21.7 Å². The second kappa shape index (κ2) is 4.91. The minimum Gasteiger partial charge on any atom is -0.298 e. The van der Waals surface area contributed by atoms with Crippen LogP contribution in [0.2, 0.25) is 0 Å². The third kappa shape index (κ3) is 3.27. The number of aldehydes is 1. The molecule has 0 fully saturated rings. The minimum absolute atomic E-state index is 0.0793. The van der Waals surface area contributed by atoms with E-state index in [9.17, 15) is 4.79 Å². The van der Waals surface area contributed by atoms with E-state index in [0.29, 0.717) is 0 Å². The van der Waals surface area contributed by atoms with Gasteiger partial charge in [0.15, 0.2) is 0 Å². The van der Waals surface area contributed by atoms with E-state index < -0.39 is 0 Å². The molecule has 0 N–H and O–H groups in total. The van der Waals surface area contributed by atoms with Gasteiger partial charge < -0.3 is 0 Å². The summed E-state index contributed by atoms with van der Waals surface area (Å²) in [6.07, 6.45) is 2.80. The number of hydrogen-bond acceptors (Lipinski definition) is 3. The Morgan fingerprint density at radius 2 is 2.06 bits per heavy atom. The molecule has 3 heteroatoms. The summed E-state index contributed by atoms with van der Waals surface area (Å²) in [5.74, 6) is 0.247. The smallest absolute Gasteiger partial charge is 0.146 e. The molecule has 1 aromatic heterocycles. The first kappa shape index (κ1) is 13.1. The van der Waals surface area contributed by atoms with Crippen LogP contribution >= 0.6 is 11.3 Å². The van der Waals surface area contributed by atoms with E-state index in [4.69, 9.17) is 0 Å². The molecule has 0 amide bonds. The molecule has 1 heterocycles. The zero-order valence-corrected chi connectivity index (χ0v) is 11.4. The number of nitrogens with zero attached hydrogens (tertiary/aromatic N) is 1. The van der Waals surface area contributed by atoms with Crippen molar-refractivity contribution in [2.45, 2.75) is 40.0 Å². The molecule has 0 radical (unpaired) electrons. The summed E-state index contributed by atoms with van der Waals surface area (Å²) < 4.78 is 0. The maximum absolute atomic E-state index is 10.9. The second-order valence-corrected chi connectivity index (χ2v) is 6.10. The molecule has 0 saturated heterocycles. The minimum atomic E-state index is 0.0793. The Labute approximate surface area is 101 Å². The summed E-state index contributed by atoms with van der Waals surface area (Å²) in [6, 6.07) is 0. The van der Waals surface area contributed by atoms with Crippen molar-refractivity contribution in [1.82, 2.24) is 4.98 Å². The van der Waals surface area contributed by atoms with Crippen molar-refractivity contribution in [2.24, 2.45) is 5.92 Å². The Balaban J connectivity index is 2.99. The lowest BCUT2D eigenvalue weighted by atomic mass is 9.98. The highest BCUT2D eigenvalue weighted by Gasteiger charge is 2.17. The molecule has 1 aromatic rings. The molecule has 0 aromatic carbocycles. The summed E-state index contributed by atoms with van der Waals surface area (Å²) in [5, 5.41) is 3.11. The van der Waals surface area contributed by atoms with Gasteiger partial charge in [0.25, 0.3) is 0 Å². The lowest BCUT2D eigenvalue weighted by Crippen LogP contribution is -2.10. The largest absolute Gasteiger partial charge is 0.298 e. The van der Waals surface area contributed by atoms with E-state index in [-0.39, 0.29) is 11.3 Å². The number of aromatic nitrogens is 1. The number of rotatable bonds is 3. The van der Waals surface area contributed by atoms with Crippen molar-refractivity contribution < 1.29 is 4.79 Å². The molecule has 0 bridgehead atoms. The van der Waals surface area contributed by atoms with E-state index in [2.05, 4.69) is 25.8 Å². The highest BCUT2D eigenvalue weighted by Crippen LogP contribution is 2.26. The van der Waals surface area contributed by atoms with Crippen molar-refractivity contribution >= 4 is 23.7 Å². The SMILES string of the molecule is CC(C)C(C=O)=Cc1csc(C(C)(C)C)n1. The van der Waals surface area contributed by atoms with Crippen LogP contribution in [0.4, 0.5) is 0 Å². The standard InChI is InChI=1S/C13H19NOS/c1-9(2)10(7-15)6-11-8-16-12(14-11)13(3,4)5/h6-9H,1-5H3. The molecule has 0 spiro atoms. The maximum atomic E-state index is 10.9. The van der Waals surface area contributed by atoms with Crippen LogP contribution in [0.15, 0.2) is 11.0 Å². The lowest BCUT2D eigenvalue weighted by molar-refractivity contribution is -0.105. The molecule has 1 rings (SSSR count). The summed E-state index contributed by atoms with van der Waals surface area (Å²) in [4.78, 5) is 15.4. The maximum Gasteiger partial charge on any atom is 0.146 e. The summed E-state index contributed by atoms with van der Waals surface area (Å²) >= 11 is 1.65. The van der Waals surface area contributed by atoms with Gasteiger partial charge in [0.1, 0.15) is 6.29 Å². The Morgan fingerprint density at radius 3 is 2.44 bits per heavy atom. The van der Waals surface area contributed by atoms with Gasteiger partial charge in [0.2, 0.25) is 0 Å². The first-order valence-corrected chi connectivity index (χ1v) is 6.35.